The molecule has 0 atom stereocenters. The second-order valence-corrected chi connectivity index (χ2v) is 7.97. The second-order valence-electron chi connectivity index (χ2n) is 5.59. The zero-order chi connectivity index (χ0) is 16.6. The number of sulfonamides is 1. The monoisotopic (exact) mass is 351 g/mol. The van der Waals surface area contributed by atoms with E-state index in [9.17, 15) is 8.42 Å². The number of nitrogens with one attached hydrogen (secondary N) is 1. The summed E-state index contributed by atoms with van der Waals surface area (Å²) in [7, 11) is -3.49. The lowest BCUT2D eigenvalue weighted by Gasteiger charge is -2.25. The Morgan fingerprint density at radius 1 is 1.22 bits per heavy atom. The van der Waals surface area contributed by atoms with E-state index in [1.165, 1.54) is 16.4 Å². The lowest BCUT2D eigenvalue weighted by molar-refractivity contribution is 0.440. The first-order chi connectivity index (χ1) is 10.9. The average Bonchev–Trinajstić information content (AvgIpc) is 2.87. The molecule has 0 spiro atoms. The van der Waals surface area contributed by atoms with Crippen LogP contribution in [0.2, 0.25) is 5.02 Å². The molecule has 7 heteroatoms. The maximum Gasteiger partial charge on any atom is 0.243 e. The van der Waals surface area contributed by atoms with Crippen molar-refractivity contribution in [2.24, 2.45) is 0 Å². The predicted octanol–water partition coefficient (Wildman–Crippen LogP) is 3.16. The summed E-state index contributed by atoms with van der Waals surface area (Å²) in [6.45, 7) is 4.72. The van der Waals surface area contributed by atoms with Gasteiger partial charge in [-0.3, -0.25) is 0 Å². The number of imidazole rings is 1. The van der Waals surface area contributed by atoms with Crippen LogP contribution in [0.5, 0.6) is 0 Å². The standard InChI is InChI=1S/C16H18ClN3O2S/c1-11-12(2)19-16(18-11)13-7-9-20(10-8-13)23(21,22)15-5-3-14(17)4-6-15/h3-7H,8-10H2,1-2H3,(H,18,19). The van der Waals surface area contributed by atoms with E-state index in [1.807, 2.05) is 19.9 Å². The summed E-state index contributed by atoms with van der Waals surface area (Å²) in [4.78, 5) is 7.99. The van der Waals surface area contributed by atoms with Gasteiger partial charge in [-0.25, -0.2) is 13.4 Å². The van der Waals surface area contributed by atoms with E-state index in [4.69, 9.17) is 11.6 Å². The van der Waals surface area contributed by atoms with Crippen LogP contribution in [-0.4, -0.2) is 35.8 Å². The molecule has 0 radical (unpaired) electrons. The van der Waals surface area contributed by atoms with Gasteiger partial charge in [0, 0.05) is 23.8 Å². The molecule has 1 aliphatic heterocycles. The quantitative estimate of drug-likeness (QED) is 0.923. The van der Waals surface area contributed by atoms with Gasteiger partial charge in [0.2, 0.25) is 10.0 Å². The lowest BCUT2D eigenvalue weighted by Crippen LogP contribution is -2.34. The number of aryl methyl sites for hydroxylation is 2. The second kappa shape index (κ2) is 6.11. The average molecular weight is 352 g/mol. The summed E-state index contributed by atoms with van der Waals surface area (Å²) in [5, 5.41) is 0.522. The molecule has 0 bridgehead atoms. The van der Waals surface area contributed by atoms with Gasteiger partial charge in [0.1, 0.15) is 5.82 Å². The van der Waals surface area contributed by atoms with E-state index >= 15 is 0 Å². The summed E-state index contributed by atoms with van der Waals surface area (Å²) in [5.41, 5.74) is 3.07. The molecule has 0 fully saturated rings. The third kappa shape index (κ3) is 3.20. The Labute approximate surface area is 141 Å². The summed E-state index contributed by atoms with van der Waals surface area (Å²) in [6.07, 6.45) is 2.56. The Balaban J connectivity index is 1.81. The SMILES string of the molecule is Cc1nc(C2=CCN(S(=O)(=O)c3ccc(Cl)cc3)CC2)[nH]c1C. The van der Waals surface area contributed by atoms with Crippen LogP contribution in [-0.2, 0) is 10.0 Å². The maximum atomic E-state index is 12.6. The van der Waals surface area contributed by atoms with Crippen LogP contribution >= 0.6 is 11.6 Å². The van der Waals surface area contributed by atoms with Crippen LogP contribution in [0.25, 0.3) is 5.57 Å². The third-order valence-corrected chi connectivity index (χ3v) is 6.19. The Morgan fingerprint density at radius 3 is 2.43 bits per heavy atom. The minimum absolute atomic E-state index is 0.267. The highest BCUT2D eigenvalue weighted by Gasteiger charge is 2.26. The fourth-order valence-electron chi connectivity index (χ4n) is 2.54. The molecule has 3 rings (SSSR count). The van der Waals surface area contributed by atoms with E-state index in [-0.39, 0.29) is 4.90 Å². The van der Waals surface area contributed by atoms with Crippen molar-refractivity contribution >= 4 is 27.2 Å². The highest BCUT2D eigenvalue weighted by molar-refractivity contribution is 7.89. The van der Waals surface area contributed by atoms with Gasteiger partial charge in [-0.2, -0.15) is 4.31 Å². The first-order valence-corrected chi connectivity index (χ1v) is 9.18. The highest BCUT2D eigenvalue weighted by atomic mass is 35.5. The topological polar surface area (TPSA) is 66.1 Å². The van der Waals surface area contributed by atoms with E-state index in [0.29, 0.717) is 24.5 Å². The maximum absolute atomic E-state index is 12.6. The molecule has 2 aromatic rings. The van der Waals surface area contributed by atoms with Crippen molar-refractivity contribution in [3.63, 3.8) is 0 Å². The largest absolute Gasteiger partial charge is 0.342 e. The molecule has 23 heavy (non-hydrogen) atoms. The zero-order valence-electron chi connectivity index (χ0n) is 13.0. The summed E-state index contributed by atoms with van der Waals surface area (Å²) >= 11 is 5.82. The fourth-order valence-corrected chi connectivity index (χ4v) is 4.05. The van der Waals surface area contributed by atoms with Gasteiger partial charge in [-0.1, -0.05) is 17.7 Å². The van der Waals surface area contributed by atoms with E-state index in [2.05, 4.69) is 9.97 Å². The van der Waals surface area contributed by atoms with Crippen LogP contribution in [0.15, 0.2) is 35.2 Å². The Morgan fingerprint density at radius 2 is 1.91 bits per heavy atom. The minimum atomic E-state index is -3.49. The lowest BCUT2D eigenvalue weighted by atomic mass is 10.1. The summed E-state index contributed by atoms with van der Waals surface area (Å²) in [6, 6.07) is 6.26. The van der Waals surface area contributed by atoms with Crippen LogP contribution < -0.4 is 0 Å². The van der Waals surface area contributed by atoms with Gasteiger partial charge in [-0.15, -0.1) is 0 Å². The Hall–Kier alpha value is -1.63. The van der Waals surface area contributed by atoms with E-state index in [0.717, 1.165) is 22.8 Å². The molecule has 1 N–H and O–H groups in total. The van der Waals surface area contributed by atoms with E-state index < -0.39 is 10.0 Å². The Bertz CT molecular complexity index is 834. The van der Waals surface area contributed by atoms with Crippen molar-refractivity contribution in [1.29, 1.82) is 0 Å². The number of benzene rings is 1. The number of nitrogens with zero attached hydrogens (tertiary/aromatic N) is 2. The molecule has 0 amide bonds. The van der Waals surface area contributed by atoms with Crippen molar-refractivity contribution in [3.8, 4) is 0 Å². The van der Waals surface area contributed by atoms with E-state index in [1.54, 1.807) is 12.1 Å². The predicted molar refractivity (Wildman–Crippen MR) is 90.9 cm³/mol. The van der Waals surface area contributed by atoms with Crippen molar-refractivity contribution in [2.75, 3.05) is 13.1 Å². The zero-order valence-corrected chi connectivity index (χ0v) is 14.6. The molecular weight excluding hydrogens is 334 g/mol. The molecule has 1 aromatic heterocycles. The van der Waals surface area contributed by atoms with Crippen molar-refractivity contribution in [1.82, 2.24) is 14.3 Å². The summed E-state index contributed by atoms with van der Waals surface area (Å²) in [5.74, 6) is 0.837. The van der Waals surface area contributed by atoms with Gasteiger partial charge >= 0.3 is 0 Å². The molecule has 5 nitrogen and oxygen atoms in total. The number of hydrogen-bond donors (Lipinski definition) is 1. The van der Waals surface area contributed by atoms with Crippen LogP contribution in [0, 0.1) is 13.8 Å². The van der Waals surface area contributed by atoms with Crippen LogP contribution in [0.1, 0.15) is 23.6 Å². The van der Waals surface area contributed by atoms with Crippen LogP contribution in [0.3, 0.4) is 0 Å². The molecule has 1 aliphatic rings. The third-order valence-electron chi connectivity index (χ3n) is 4.06. The van der Waals surface area contributed by atoms with Gasteiger partial charge in [0.05, 0.1) is 10.6 Å². The number of rotatable bonds is 3. The van der Waals surface area contributed by atoms with Gasteiger partial charge in [0.15, 0.2) is 0 Å². The molecule has 1 aromatic carbocycles. The molecule has 0 saturated heterocycles. The van der Waals surface area contributed by atoms with Gasteiger partial charge in [-0.05, 0) is 50.1 Å². The molecule has 0 aliphatic carbocycles. The first kappa shape index (κ1) is 16.2. The first-order valence-electron chi connectivity index (χ1n) is 7.36. The van der Waals surface area contributed by atoms with Crippen LogP contribution in [0.4, 0.5) is 0 Å². The molecule has 122 valence electrons. The number of halogens is 1. The number of hydrogen-bond acceptors (Lipinski definition) is 3. The number of H-pyrrole nitrogens is 1. The highest BCUT2D eigenvalue weighted by Crippen LogP contribution is 2.25. The number of aromatic nitrogens is 2. The smallest absolute Gasteiger partial charge is 0.243 e. The minimum Gasteiger partial charge on any atom is -0.342 e. The molecule has 0 unspecified atom stereocenters. The van der Waals surface area contributed by atoms with Gasteiger partial charge < -0.3 is 4.98 Å². The van der Waals surface area contributed by atoms with Crippen molar-refractivity contribution in [3.05, 3.63) is 52.6 Å². The van der Waals surface area contributed by atoms with Crippen molar-refractivity contribution in [2.45, 2.75) is 25.2 Å². The Kier molecular flexibility index (Phi) is 4.31. The summed E-state index contributed by atoms with van der Waals surface area (Å²) < 4.78 is 26.7. The fraction of sp³-hybridized carbons (Fsp3) is 0.312. The normalized spacial score (nSPS) is 16.4. The molecule has 2 heterocycles. The van der Waals surface area contributed by atoms with Gasteiger partial charge in [0.25, 0.3) is 0 Å². The molecular formula is C16H18ClN3O2S. The number of aromatic amines is 1. The van der Waals surface area contributed by atoms with Crippen molar-refractivity contribution < 1.29 is 8.42 Å². The molecule has 0 saturated carbocycles.